The molecule has 2 saturated carbocycles. The SMILES string of the molecule is Cl.NC1CC2CCCC(C1)C2NC(=O)c1c[nH]cc1-c1ccc(F)cc1. The van der Waals surface area contributed by atoms with Crippen molar-refractivity contribution in [3.63, 3.8) is 0 Å². The van der Waals surface area contributed by atoms with Crippen LogP contribution in [0.25, 0.3) is 11.1 Å². The van der Waals surface area contributed by atoms with Crippen molar-refractivity contribution in [3.8, 4) is 11.1 Å². The van der Waals surface area contributed by atoms with Crippen LogP contribution in [0.2, 0.25) is 0 Å². The minimum absolute atomic E-state index is 0. The molecule has 2 fully saturated rings. The molecule has 26 heavy (non-hydrogen) atoms. The average Bonchev–Trinajstić information content (AvgIpc) is 3.06. The van der Waals surface area contributed by atoms with Crippen LogP contribution in [0.1, 0.15) is 42.5 Å². The van der Waals surface area contributed by atoms with E-state index < -0.39 is 0 Å². The standard InChI is InChI=1S/C20H24FN3O.ClH/c21-15-6-4-12(5-7-15)17-10-23-11-18(17)20(25)24-19-13-2-1-3-14(19)9-16(22)8-13;/h4-7,10-11,13-14,16,19,23H,1-3,8-9,22H2,(H,24,25);1H. The number of aromatic amines is 1. The van der Waals surface area contributed by atoms with E-state index in [9.17, 15) is 9.18 Å². The number of benzene rings is 1. The summed E-state index contributed by atoms with van der Waals surface area (Å²) in [6.07, 6.45) is 9.04. The van der Waals surface area contributed by atoms with Gasteiger partial charge in [0.15, 0.2) is 0 Å². The molecule has 2 aromatic rings. The van der Waals surface area contributed by atoms with Gasteiger partial charge in [0.2, 0.25) is 0 Å². The molecule has 4 rings (SSSR count). The maximum atomic E-state index is 13.2. The van der Waals surface area contributed by atoms with E-state index in [-0.39, 0.29) is 36.2 Å². The van der Waals surface area contributed by atoms with Gasteiger partial charge < -0.3 is 16.0 Å². The van der Waals surface area contributed by atoms with E-state index in [4.69, 9.17) is 5.73 Å². The molecular weight excluding hydrogens is 353 g/mol. The van der Waals surface area contributed by atoms with Gasteiger partial charge in [-0.3, -0.25) is 4.79 Å². The Balaban J connectivity index is 0.00000196. The minimum atomic E-state index is -0.281. The van der Waals surface area contributed by atoms with Crippen molar-refractivity contribution in [3.05, 3.63) is 48.0 Å². The summed E-state index contributed by atoms with van der Waals surface area (Å²) in [4.78, 5) is 15.9. The lowest BCUT2D eigenvalue weighted by Gasteiger charge is -2.45. The van der Waals surface area contributed by atoms with Crippen molar-refractivity contribution >= 4 is 18.3 Å². The fourth-order valence-electron chi connectivity index (χ4n) is 4.67. The molecule has 6 heteroatoms. The third-order valence-electron chi connectivity index (χ3n) is 5.82. The predicted octanol–water partition coefficient (Wildman–Crippen LogP) is 3.88. The van der Waals surface area contributed by atoms with E-state index in [2.05, 4.69) is 10.3 Å². The van der Waals surface area contributed by atoms with Crippen LogP contribution in [0.4, 0.5) is 4.39 Å². The summed E-state index contributed by atoms with van der Waals surface area (Å²) < 4.78 is 13.2. The minimum Gasteiger partial charge on any atom is -0.366 e. The second kappa shape index (κ2) is 7.80. The van der Waals surface area contributed by atoms with Crippen molar-refractivity contribution in [2.45, 2.75) is 44.2 Å². The highest BCUT2D eigenvalue weighted by Crippen LogP contribution is 2.40. The summed E-state index contributed by atoms with van der Waals surface area (Å²) in [5.74, 6) is 0.633. The van der Waals surface area contributed by atoms with Crippen LogP contribution in [-0.2, 0) is 0 Å². The molecule has 2 aliphatic carbocycles. The molecule has 2 aliphatic rings. The Bertz CT molecular complexity index is 747. The van der Waals surface area contributed by atoms with E-state index in [0.29, 0.717) is 17.4 Å². The first kappa shape index (κ1) is 18.9. The van der Waals surface area contributed by atoms with Gasteiger partial charge in [0.1, 0.15) is 5.82 Å². The van der Waals surface area contributed by atoms with Crippen molar-refractivity contribution in [2.24, 2.45) is 17.6 Å². The van der Waals surface area contributed by atoms with Gasteiger partial charge in [-0.05, 0) is 55.2 Å². The molecule has 0 radical (unpaired) electrons. The van der Waals surface area contributed by atoms with Crippen LogP contribution >= 0.6 is 12.4 Å². The number of halogens is 2. The Hall–Kier alpha value is -1.85. The normalized spacial score (nSPS) is 27.5. The van der Waals surface area contributed by atoms with Crippen LogP contribution in [0.5, 0.6) is 0 Å². The van der Waals surface area contributed by atoms with Crippen molar-refractivity contribution in [2.75, 3.05) is 0 Å². The Morgan fingerprint density at radius 2 is 1.77 bits per heavy atom. The van der Waals surface area contributed by atoms with Crippen molar-refractivity contribution in [1.82, 2.24) is 10.3 Å². The zero-order chi connectivity index (χ0) is 17.4. The maximum absolute atomic E-state index is 13.2. The second-order valence-electron chi connectivity index (χ2n) is 7.47. The number of carbonyl (C=O) groups is 1. The van der Waals surface area contributed by atoms with Crippen LogP contribution in [0.3, 0.4) is 0 Å². The number of hydrogen-bond donors (Lipinski definition) is 3. The number of H-pyrrole nitrogens is 1. The lowest BCUT2D eigenvalue weighted by atomic mass is 9.67. The third kappa shape index (κ3) is 3.64. The summed E-state index contributed by atoms with van der Waals surface area (Å²) in [6.45, 7) is 0. The van der Waals surface area contributed by atoms with Crippen molar-refractivity contribution in [1.29, 1.82) is 0 Å². The number of rotatable bonds is 3. The second-order valence-corrected chi connectivity index (χ2v) is 7.47. The average molecular weight is 378 g/mol. The lowest BCUT2D eigenvalue weighted by Crippen LogP contribution is -2.53. The molecule has 1 amide bonds. The molecule has 140 valence electrons. The molecule has 4 nitrogen and oxygen atoms in total. The molecule has 4 N–H and O–H groups in total. The summed E-state index contributed by atoms with van der Waals surface area (Å²) in [6, 6.07) is 6.71. The van der Waals surface area contributed by atoms with E-state index in [0.717, 1.165) is 36.8 Å². The number of nitrogens with two attached hydrogens (primary N) is 1. The molecule has 1 aromatic heterocycles. The van der Waals surface area contributed by atoms with Crippen LogP contribution in [0, 0.1) is 17.7 Å². The van der Waals surface area contributed by atoms with Gasteiger partial charge in [-0.2, -0.15) is 0 Å². The Morgan fingerprint density at radius 3 is 2.42 bits per heavy atom. The maximum Gasteiger partial charge on any atom is 0.253 e. The first-order chi connectivity index (χ1) is 12.1. The van der Waals surface area contributed by atoms with Crippen LogP contribution in [0.15, 0.2) is 36.7 Å². The number of carbonyl (C=O) groups excluding carboxylic acids is 1. The van der Waals surface area contributed by atoms with Gasteiger partial charge >= 0.3 is 0 Å². The Labute approximate surface area is 159 Å². The highest BCUT2D eigenvalue weighted by molar-refractivity contribution is 6.01. The number of hydrogen-bond acceptors (Lipinski definition) is 2. The highest BCUT2D eigenvalue weighted by Gasteiger charge is 2.40. The smallest absolute Gasteiger partial charge is 0.253 e. The Morgan fingerprint density at radius 1 is 1.12 bits per heavy atom. The quantitative estimate of drug-likeness (QED) is 0.759. The Kier molecular flexibility index (Phi) is 5.68. The van der Waals surface area contributed by atoms with Crippen molar-refractivity contribution < 1.29 is 9.18 Å². The monoisotopic (exact) mass is 377 g/mol. The molecule has 0 aliphatic heterocycles. The number of amides is 1. The number of fused-ring (bicyclic) bond motifs is 2. The topological polar surface area (TPSA) is 70.9 Å². The highest BCUT2D eigenvalue weighted by atomic mass is 35.5. The molecule has 0 spiro atoms. The molecule has 1 heterocycles. The number of aromatic nitrogens is 1. The van der Waals surface area contributed by atoms with E-state index >= 15 is 0 Å². The van der Waals surface area contributed by atoms with Gasteiger partial charge in [-0.1, -0.05) is 18.6 Å². The zero-order valence-corrected chi connectivity index (χ0v) is 15.4. The fraction of sp³-hybridized carbons (Fsp3) is 0.450. The molecule has 0 saturated heterocycles. The summed E-state index contributed by atoms with van der Waals surface area (Å²) in [7, 11) is 0. The van der Waals surface area contributed by atoms with E-state index in [1.165, 1.54) is 18.6 Å². The summed E-state index contributed by atoms with van der Waals surface area (Å²) in [5, 5.41) is 3.28. The van der Waals surface area contributed by atoms with Crippen LogP contribution in [-0.4, -0.2) is 23.0 Å². The summed E-state index contributed by atoms with van der Waals surface area (Å²) in [5.41, 5.74) is 8.42. The van der Waals surface area contributed by atoms with Gasteiger partial charge in [-0.15, -0.1) is 12.4 Å². The van der Waals surface area contributed by atoms with Gasteiger partial charge in [0, 0.05) is 30.0 Å². The molecule has 1 aromatic carbocycles. The fourth-order valence-corrected chi connectivity index (χ4v) is 4.67. The third-order valence-corrected chi connectivity index (χ3v) is 5.82. The molecule has 2 unspecified atom stereocenters. The van der Waals surface area contributed by atoms with E-state index in [1.807, 2.05) is 0 Å². The zero-order valence-electron chi connectivity index (χ0n) is 14.6. The molecule has 2 bridgehead atoms. The van der Waals surface area contributed by atoms with Gasteiger partial charge in [-0.25, -0.2) is 4.39 Å². The van der Waals surface area contributed by atoms with Crippen LogP contribution < -0.4 is 11.1 Å². The first-order valence-electron chi connectivity index (χ1n) is 9.11. The first-order valence-corrected chi connectivity index (χ1v) is 9.11. The largest absolute Gasteiger partial charge is 0.366 e. The molecule has 2 atom stereocenters. The predicted molar refractivity (Wildman–Crippen MR) is 103 cm³/mol. The van der Waals surface area contributed by atoms with Gasteiger partial charge in [0.25, 0.3) is 5.91 Å². The van der Waals surface area contributed by atoms with E-state index in [1.54, 1.807) is 24.5 Å². The van der Waals surface area contributed by atoms with Gasteiger partial charge in [0.05, 0.1) is 5.56 Å². The number of nitrogens with one attached hydrogen (secondary N) is 2. The summed E-state index contributed by atoms with van der Waals surface area (Å²) >= 11 is 0. The lowest BCUT2D eigenvalue weighted by molar-refractivity contribution is 0.0756. The molecular formula is C20H25ClFN3O.